The van der Waals surface area contributed by atoms with Crippen molar-refractivity contribution in [2.75, 3.05) is 26.8 Å². The summed E-state index contributed by atoms with van der Waals surface area (Å²) in [7, 11) is 1.57. The topological polar surface area (TPSA) is 41.9 Å². The number of hydrogen-bond donors (Lipinski definition) is 1. The van der Waals surface area contributed by atoms with Gasteiger partial charge >= 0.3 is 0 Å². The SMILES string of the molecule is CCC1CN(C(C)c2ccc(O)c(OC)c2)CCO1. The van der Waals surface area contributed by atoms with Crippen LogP contribution in [-0.2, 0) is 4.74 Å². The molecule has 0 bridgehead atoms. The van der Waals surface area contributed by atoms with Gasteiger partial charge in [0.15, 0.2) is 11.5 Å². The fourth-order valence-electron chi connectivity index (χ4n) is 2.51. The van der Waals surface area contributed by atoms with Crippen molar-refractivity contribution in [3.8, 4) is 11.5 Å². The predicted octanol–water partition coefficient (Wildman–Crippen LogP) is 2.57. The Kier molecular flexibility index (Phi) is 4.66. The van der Waals surface area contributed by atoms with Gasteiger partial charge in [0.05, 0.1) is 19.8 Å². The van der Waals surface area contributed by atoms with Crippen molar-refractivity contribution in [1.82, 2.24) is 4.90 Å². The molecule has 0 amide bonds. The van der Waals surface area contributed by atoms with Gasteiger partial charge in [-0.15, -0.1) is 0 Å². The van der Waals surface area contributed by atoms with Crippen LogP contribution in [0, 0.1) is 0 Å². The van der Waals surface area contributed by atoms with E-state index in [4.69, 9.17) is 9.47 Å². The Morgan fingerprint density at radius 3 is 3.00 bits per heavy atom. The van der Waals surface area contributed by atoms with Crippen LogP contribution < -0.4 is 4.74 Å². The van der Waals surface area contributed by atoms with Crippen LogP contribution >= 0.6 is 0 Å². The largest absolute Gasteiger partial charge is 0.504 e. The van der Waals surface area contributed by atoms with E-state index in [1.165, 1.54) is 0 Å². The van der Waals surface area contributed by atoms with E-state index in [0.717, 1.165) is 31.7 Å². The molecule has 2 unspecified atom stereocenters. The number of aromatic hydroxyl groups is 1. The standard InChI is InChI=1S/C15H23NO3/c1-4-13-10-16(7-8-19-13)11(2)12-5-6-14(17)15(9-12)18-3/h5-6,9,11,13,17H,4,7-8,10H2,1-3H3. The van der Waals surface area contributed by atoms with Crippen molar-refractivity contribution in [2.45, 2.75) is 32.4 Å². The second-order valence-electron chi connectivity index (χ2n) is 5.00. The molecular weight excluding hydrogens is 242 g/mol. The highest BCUT2D eigenvalue weighted by Gasteiger charge is 2.24. The molecule has 1 fully saturated rings. The third kappa shape index (κ3) is 3.19. The lowest BCUT2D eigenvalue weighted by Crippen LogP contribution is -2.43. The van der Waals surface area contributed by atoms with Crippen molar-refractivity contribution in [3.05, 3.63) is 23.8 Å². The van der Waals surface area contributed by atoms with E-state index in [1.807, 2.05) is 12.1 Å². The summed E-state index contributed by atoms with van der Waals surface area (Å²) in [6.45, 7) is 7.03. The summed E-state index contributed by atoms with van der Waals surface area (Å²) in [5.41, 5.74) is 1.16. The van der Waals surface area contributed by atoms with E-state index in [0.29, 0.717) is 17.9 Å². The zero-order valence-electron chi connectivity index (χ0n) is 11.9. The number of rotatable bonds is 4. The molecule has 19 heavy (non-hydrogen) atoms. The van der Waals surface area contributed by atoms with E-state index in [1.54, 1.807) is 13.2 Å². The van der Waals surface area contributed by atoms with Crippen LogP contribution in [0.3, 0.4) is 0 Å². The predicted molar refractivity (Wildman–Crippen MR) is 74.7 cm³/mol. The molecule has 1 heterocycles. The van der Waals surface area contributed by atoms with Crippen LogP contribution in [0.1, 0.15) is 31.9 Å². The van der Waals surface area contributed by atoms with Gasteiger partial charge in [-0.1, -0.05) is 13.0 Å². The lowest BCUT2D eigenvalue weighted by molar-refractivity contribution is -0.0425. The molecule has 0 aromatic heterocycles. The summed E-state index contributed by atoms with van der Waals surface area (Å²) < 4.78 is 10.9. The number of ether oxygens (including phenoxy) is 2. The van der Waals surface area contributed by atoms with Crippen LogP contribution in [0.25, 0.3) is 0 Å². The molecule has 0 radical (unpaired) electrons. The average Bonchev–Trinajstić information content (AvgIpc) is 2.47. The van der Waals surface area contributed by atoms with E-state index in [9.17, 15) is 5.11 Å². The molecule has 2 rings (SSSR count). The molecular formula is C15H23NO3. The van der Waals surface area contributed by atoms with Crippen LogP contribution in [0.4, 0.5) is 0 Å². The highest BCUT2D eigenvalue weighted by Crippen LogP contribution is 2.31. The lowest BCUT2D eigenvalue weighted by atomic mass is 10.0. The molecule has 0 saturated carbocycles. The monoisotopic (exact) mass is 265 g/mol. The maximum Gasteiger partial charge on any atom is 0.160 e. The van der Waals surface area contributed by atoms with Crippen LogP contribution in [-0.4, -0.2) is 42.9 Å². The highest BCUT2D eigenvalue weighted by atomic mass is 16.5. The van der Waals surface area contributed by atoms with Crippen molar-refractivity contribution in [1.29, 1.82) is 0 Å². The van der Waals surface area contributed by atoms with Gasteiger partial charge in [-0.3, -0.25) is 4.90 Å². The van der Waals surface area contributed by atoms with Gasteiger partial charge in [-0.25, -0.2) is 0 Å². The minimum Gasteiger partial charge on any atom is -0.504 e. The highest BCUT2D eigenvalue weighted by molar-refractivity contribution is 5.42. The van der Waals surface area contributed by atoms with E-state index < -0.39 is 0 Å². The Hall–Kier alpha value is -1.26. The third-order valence-corrected chi connectivity index (χ3v) is 3.86. The maximum atomic E-state index is 9.65. The Labute approximate surface area is 114 Å². The van der Waals surface area contributed by atoms with Gasteiger partial charge in [0.1, 0.15) is 0 Å². The number of phenolic OH excluding ortho intramolecular Hbond substituents is 1. The number of benzene rings is 1. The number of methoxy groups -OCH3 is 1. The Morgan fingerprint density at radius 1 is 1.53 bits per heavy atom. The second-order valence-corrected chi connectivity index (χ2v) is 5.00. The molecule has 0 spiro atoms. The fourth-order valence-corrected chi connectivity index (χ4v) is 2.51. The Bertz CT molecular complexity index is 422. The van der Waals surface area contributed by atoms with Gasteiger partial charge in [-0.2, -0.15) is 0 Å². The lowest BCUT2D eigenvalue weighted by Gasteiger charge is -2.36. The summed E-state index contributed by atoms with van der Waals surface area (Å²) in [5, 5.41) is 9.65. The number of nitrogens with zero attached hydrogens (tertiary/aromatic N) is 1. The van der Waals surface area contributed by atoms with Crippen molar-refractivity contribution in [3.63, 3.8) is 0 Å². The molecule has 1 N–H and O–H groups in total. The summed E-state index contributed by atoms with van der Waals surface area (Å²) in [6, 6.07) is 5.87. The van der Waals surface area contributed by atoms with E-state index in [-0.39, 0.29) is 5.75 Å². The van der Waals surface area contributed by atoms with Gasteiger partial charge in [0.25, 0.3) is 0 Å². The van der Waals surface area contributed by atoms with Crippen molar-refractivity contribution < 1.29 is 14.6 Å². The van der Waals surface area contributed by atoms with E-state index >= 15 is 0 Å². The quantitative estimate of drug-likeness (QED) is 0.908. The maximum absolute atomic E-state index is 9.65. The second kappa shape index (κ2) is 6.26. The smallest absolute Gasteiger partial charge is 0.160 e. The Balaban J connectivity index is 2.12. The third-order valence-electron chi connectivity index (χ3n) is 3.86. The molecule has 0 aliphatic carbocycles. The molecule has 4 nitrogen and oxygen atoms in total. The number of hydrogen-bond acceptors (Lipinski definition) is 4. The normalized spacial score (nSPS) is 22.2. The first kappa shape index (κ1) is 14.2. The summed E-state index contributed by atoms with van der Waals surface area (Å²) >= 11 is 0. The molecule has 1 saturated heterocycles. The summed E-state index contributed by atoms with van der Waals surface area (Å²) in [6.07, 6.45) is 1.37. The van der Waals surface area contributed by atoms with Gasteiger partial charge < -0.3 is 14.6 Å². The van der Waals surface area contributed by atoms with Crippen LogP contribution in [0.5, 0.6) is 11.5 Å². The minimum atomic E-state index is 0.187. The molecule has 1 aromatic rings. The first-order valence-corrected chi connectivity index (χ1v) is 6.88. The zero-order valence-corrected chi connectivity index (χ0v) is 11.9. The zero-order chi connectivity index (χ0) is 13.8. The number of phenols is 1. The molecule has 1 aromatic carbocycles. The Morgan fingerprint density at radius 2 is 2.32 bits per heavy atom. The molecule has 4 heteroatoms. The number of morpholine rings is 1. The van der Waals surface area contributed by atoms with Crippen molar-refractivity contribution in [2.24, 2.45) is 0 Å². The van der Waals surface area contributed by atoms with Crippen LogP contribution in [0.15, 0.2) is 18.2 Å². The first-order valence-electron chi connectivity index (χ1n) is 6.88. The molecule has 2 atom stereocenters. The van der Waals surface area contributed by atoms with Gasteiger partial charge in [-0.05, 0) is 31.0 Å². The molecule has 106 valence electrons. The minimum absolute atomic E-state index is 0.187. The molecule has 1 aliphatic rings. The first-order chi connectivity index (χ1) is 9.15. The van der Waals surface area contributed by atoms with Gasteiger partial charge in [0, 0.05) is 19.1 Å². The van der Waals surface area contributed by atoms with Crippen molar-refractivity contribution >= 4 is 0 Å². The van der Waals surface area contributed by atoms with Crippen LogP contribution in [0.2, 0.25) is 0 Å². The van der Waals surface area contributed by atoms with E-state index in [2.05, 4.69) is 18.7 Å². The summed E-state index contributed by atoms with van der Waals surface area (Å²) in [4.78, 5) is 2.42. The van der Waals surface area contributed by atoms with Gasteiger partial charge in [0.2, 0.25) is 0 Å². The molecule has 1 aliphatic heterocycles. The summed E-state index contributed by atoms with van der Waals surface area (Å²) in [5.74, 6) is 0.719. The average molecular weight is 265 g/mol. The fraction of sp³-hybridized carbons (Fsp3) is 0.600.